The Kier molecular flexibility index (Phi) is 12.9. The summed E-state index contributed by atoms with van der Waals surface area (Å²) in [6.45, 7) is 0. The summed E-state index contributed by atoms with van der Waals surface area (Å²) in [4.78, 5) is 0. The molecular weight excluding hydrogens is 445 g/mol. The zero-order valence-electron chi connectivity index (χ0n) is 13.6. The van der Waals surface area contributed by atoms with E-state index >= 15 is 0 Å². The maximum Gasteiger partial charge on any atom is 3.00 e. The first-order valence-electron chi connectivity index (χ1n) is 7.39. The number of halogens is 2. The van der Waals surface area contributed by atoms with Crippen LogP contribution in [0.3, 0.4) is 0 Å². The molecule has 0 spiro atoms. The van der Waals surface area contributed by atoms with Crippen molar-refractivity contribution in [1.29, 1.82) is 0 Å². The average molecular weight is 463 g/mol. The van der Waals surface area contributed by atoms with E-state index in [2.05, 4.69) is 103 Å². The largest absolute Gasteiger partial charge is 3.00 e. The van der Waals surface area contributed by atoms with Crippen molar-refractivity contribution in [3.8, 4) is 0 Å². The standard InChI is InChI=1S/C12H11P.C9H7.2ClH.Zr/c1-3-7-11(8-4-1)13-12-9-5-2-6-10-12;1-2-5-9-7-3-6-8(9)4-1;;;/h1-10,13H;1-7H;2*1H;/q;-1;;;+3/p-2. The Bertz CT molecular complexity index is 749. The predicted octanol–water partition coefficient (Wildman–Crippen LogP) is -1.12. The van der Waals surface area contributed by atoms with E-state index in [0.717, 1.165) is 8.58 Å². The minimum absolute atomic E-state index is 0. The third-order valence-electron chi connectivity index (χ3n) is 3.38. The van der Waals surface area contributed by atoms with Crippen LogP contribution in [0.5, 0.6) is 0 Å². The summed E-state index contributed by atoms with van der Waals surface area (Å²) < 4.78 is 0. The molecule has 0 aliphatic carbocycles. The third-order valence-corrected chi connectivity index (χ3v) is 4.63. The molecule has 0 saturated carbocycles. The Balaban J connectivity index is 0.000000430. The van der Waals surface area contributed by atoms with Gasteiger partial charge in [0.05, 0.1) is 0 Å². The van der Waals surface area contributed by atoms with Gasteiger partial charge in [0.25, 0.3) is 0 Å². The van der Waals surface area contributed by atoms with Crippen molar-refractivity contribution < 1.29 is 51.0 Å². The molecule has 4 aromatic carbocycles. The molecule has 0 aromatic heterocycles. The molecule has 0 unspecified atom stereocenters. The monoisotopic (exact) mass is 461 g/mol. The molecule has 0 atom stereocenters. The molecule has 0 amide bonds. The van der Waals surface area contributed by atoms with Crippen LogP contribution in [0, 0.1) is 0 Å². The van der Waals surface area contributed by atoms with Gasteiger partial charge >= 0.3 is 26.2 Å². The molecule has 0 heterocycles. The minimum atomic E-state index is 0. The first kappa shape index (κ1) is 24.2. The van der Waals surface area contributed by atoms with Crippen molar-refractivity contribution >= 4 is 30.0 Å². The normalized spacial score (nSPS) is 8.80. The van der Waals surface area contributed by atoms with Gasteiger partial charge in [-0.2, -0.15) is 17.5 Å². The number of hydrogen-bond donors (Lipinski definition) is 0. The molecule has 0 aliphatic heterocycles. The van der Waals surface area contributed by atoms with Crippen molar-refractivity contribution in [1.82, 2.24) is 0 Å². The molecule has 0 nitrogen and oxygen atoms in total. The van der Waals surface area contributed by atoms with Crippen molar-refractivity contribution in [3.63, 3.8) is 0 Å². The van der Waals surface area contributed by atoms with Gasteiger partial charge < -0.3 is 24.8 Å². The molecule has 25 heavy (non-hydrogen) atoms. The first-order chi connectivity index (χ1) is 10.9. The quantitative estimate of drug-likeness (QED) is 0.261. The van der Waals surface area contributed by atoms with E-state index in [9.17, 15) is 0 Å². The fraction of sp³-hybridized carbons (Fsp3) is 0. The van der Waals surface area contributed by atoms with E-state index in [4.69, 9.17) is 0 Å². The van der Waals surface area contributed by atoms with Crippen LogP contribution in [0.15, 0.2) is 103 Å². The summed E-state index contributed by atoms with van der Waals surface area (Å²) in [5.74, 6) is 0. The summed E-state index contributed by atoms with van der Waals surface area (Å²) in [5.41, 5.74) is 0. The van der Waals surface area contributed by atoms with E-state index in [0.29, 0.717) is 0 Å². The van der Waals surface area contributed by atoms with E-state index in [-0.39, 0.29) is 51.0 Å². The van der Waals surface area contributed by atoms with Crippen LogP contribution >= 0.6 is 8.58 Å². The van der Waals surface area contributed by atoms with Gasteiger partial charge in [-0.05, 0) is 10.6 Å². The molecule has 4 aromatic rings. The Morgan fingerprint density at radius 3 is 1.56 bits per heavy atom. The van der Waals surface area contributed by atoms with Gasteiger partial charge in [-0.1, -0.05) is 75.3 Å². The van der Waals surface area contributed by atoms with Crippen LogP contribution in [0.4, 0.5) is 0 Å². The predicted molar refractivity (Wildman–Crippen MR) is 100 cm³/mol. The average Bonchev–Trinajstić information content (AvgIpc) is 3.06. The molecule has 0 bridgehead atoms. The summed E-state index contributed by atoms with van der Waals surface area (Å²) >= 11 is 0. The maximum atomic E-state index is 2.17. The smallest absolute Gasteiger partial charge is 1.00 e. The van der Waals surface area contributed by atoms with Gasteiger partial charge in [0.2, 0.25) is 0 Å². The second kappa shape index (κ2) is 13.4. The molecule has 1 radical (unpaired) electrons. The van der Waals surface area contributed by atoms with E-state index in [1.807, 2.05) is 0 Å². The molecule has 0 aliphatic rings. The van der Waals surface area contributed by atoms with Gasteiger partial charge in [0.1, 0.15) is 0 Å². The first-order valence-corrected chi connectivity index (χ1v) is 8.39. The van der Waals surface area contributed by atoms with Crippen molar-refractivity contribution in [3.05, 3.63) is 103 Å². The maximum absolute atomic E-state index is 2.17. The van der Waals surface area contributed by atoms with Gasteiger partial charge in [-0.25, -0.2) is 0 Å². The Hall–Kier alpha value is -0.837. The SMILES string of the molecule is [Cl-].[Cl-].[Zr+3].c1ccc(Pc2ccccc2)cc1.c1ccc2[cH-]ccc2c1. The van der Waals surface area contributed by atoms with Crippen molar-refractivity contribution in [2.24, 2.45) is 0 Å². The van der Waals surface area contributed by atoms with Crippen LogP contribution < -0.4 is 35.4 Å². The topological polar surface area (TPSA) is 0 Å². The fourth-order valence-electron chi connectivity index (χ4n) is 2.28. The van der Waals surface area contributed by atoms with E-state index in [1.165, 1.54) is 21.4 Å². The minimum Gasteiger partial charge on any atom is -1.00 e. The van der Waals surface area contributed by atoms with Gasteiger partial charge in [0.15, 0.2) is 0 Å². The molecule has 4 heteroatoms. The summed E-state index contributed by atoms with van der Waals surface area (Å²) in [5, 5.41) is 5.46. The molecule has 0 fully saturated rings. The number of benzene rings is 3. The van der Waals surface area contributed by atoms with Crippen LogP contribution in [0.25, 0.3) is 10.8 Å². The number of rotatable bonds is 2. The molecular formula is C21H18Cl2PZr. The molecule has 125 valence electrons. The Labute approximate surface area is 183 Å². The van der Waals surface area contributed by atoms with Crippen LogP contribution in [0.2, 0.25) is 0 Å². The zero-order chi connectivity index (χ0) is 15.0. The van der Waals surface area contributed by atoms with E-state index < -0.39 is 0 Å². The second-order valence-electron chi connectivity index (χ2n) is 5.01. The molecule has 4 rings (SSSR count). The summed E-state index contributed by atoms with van der Waals surface area (Å²) in [6.07, 6.45) is 0. The van der Waals surface area contributed by atoms with E-state index in [1.54, 1.807) is 0 Å². The van der Waals surface area contributed by atoms with Crippen molar-refractivity contribution in [2.45, 2.75) is 0 Å². The second-order valence-corrected chi connectivity index (χ2v) is 6.42. The number of fused-ring (bicyclic) bond motifs is 1. The van der Waals surface area contributed by atoms with Gasteiger partial charge in [-0.3, -0.25) is 0 Å². The van der Waals surface area contributed by atoms with Crippen molar-refractivity contribution in [2.75, 3.05) is 0 Å². The zero-order valence-corrected chi connectivity index (χ0v) is 18.5. The Morgan fingerprint density at radius 2 is 1.04 bits per heavy atom. The summed E-state index contributed by atoms with van der Waals surface area (Å²) in [6, 6.07) is 35.8. The fourth-order valence-corrected chi connectivity index (χ4v) is 3.33. The van der Waals surface area contributed by atoms with Gasteiger partial charge in [0, 0.05) is 0 Å². The molecule has 0 saturated heterocycles. The Morgan fingerprint density at radius 1 is 0.560 bits per heavy atom. The number of hydrogen-bond acceptors (Lipinski definition) is 0. The van der Waals surface area contributed by atoms with Crippen LogP contribution in [-0.4, -0.2) is 0 Å². The third kappa shape index (κ3) is 7.93. The molecule has 0 N–H and O–H groups in total. The van der Waals surface area contributed by atoms with Crippen LogP contribution in [0.1, 0.15) is 0 Å². The summed E-state index contributed by atoms with van der Waals surface area (Å²) in [7, 11) is 0.777. The van der Waals surface area contributed by atoms with Crippen LogP contribution in [-0.2, 0) is 26.2 Å². The van der Waals surface area contributed by atoms with Gasteiger partial charge in [-0.15, -0.1) is 29.7 Å².